The van der Waals surface area contributed by atoms with Gasteiger partial charge < -0.3 is 19.5 Å². The number of aryl methyl sites for hydroxylation is 1. The SMILES string of the molecule is COc1cc(C)nc(N2CCC(OCC(=O)O)CC2)n1. The molecule has 1 N–H and O–H groups in total. The minimum Gasteiger partial charge on any atom is -0.481 e. The maximum absolute atomic E-state index is 10.5. The van der Waals surface area contributed by atoms with Gasteiger partial charge in [0.1, 0.15) is 6.61 Å². The molecule has 0 unspecified atom stereocenters. The Kier molecular flexibility index (Phi) is 4.73. The van der Waals surface area contributed by atoms with Crippen LogP contribution in [0, 0.1) is 6.92 Å². The molecular formula is C13H19N3O4. The molecule has 2 rings (SSSR count). The predicted molar refractivity (Wildman–Crippen MR) is 72.1 cm³/mol. The van der Waals surface area contributed by atoms with Gasteiger partial charge in [-0.05, 0) is 19.8 Å². The summed E-state index contributed by atoms with van der Waals surface area (Å²) >= 11 is 0. The first-order chi connectivity index (χ1) is 9.58. The van der Waals surface area contributed by atoms with E-state index in [0.717, 1.165) is 31.6 Å². The van der Waals surface area contributed by atoms with Crippen LogP contribution in [0.15, 0.2) is 6.07 Å². The van der Waals surface area contributed by atoms with Crippen molar-refractivity contribution in [2.24, 2.45) is 0 Å². The largest absolute Gasteiger partial charge is 0.481 e. The Morgan fingerprint density at radius 3 is 2.75 bits per heavy atom. The molecule has 1 aliphatic rings. The van der Waals surface area contributed by atoms with Gasteiger partial charge in [-0.15, -0.1) is 0 Å². The van der Waals surface area contributed by atoms with Gasteiger partial charge in [0.25, 0.3) is 0 Å². The Morgan fingerprint density at radius 1 is 1.45 bits per heavy atom. The van der Waals surface area contributed by atoms with Gasteiger partial charge in [0.2, 0.25) is 11.8 Å². The van der Waals surface area contributed by atoms with Crippen LogP contribution in [0.2, 0.25) is 0 Å². The molecule has 20 heavy (non-hydrogen) atoms. The van der Waals surface area contributed by atoms with Crippen LogP contribution in [0.25, 0.3) is 0 Å². The third-order valence-electron chi connectivity index (χ3n) is 3.20. The summed E-state index contributed by atoms with van der Waals surface area (Å²) in [5.41, 5.74) is 0.858. The van der Waals surface area contributed by atoms with Crippen molar-refractivity contribution in [3.05, 3.63) is 11.8 Å². The van der Waals surface area contributed by atoms with E-state index >= 15 is 0 Å². The third-order valence-corrected chi connectivity index (χ3v) is 3.20. The highest BCUT2D eigenvalue weighted by molar-refractivity contribution is 5.68. The number of carbonyl (C=O) groups is 1. The van der Waals surface area contributed by atoms with Crippen LogP contribution in [0.5, 0.6) is 5.88 Å². The second-order valence-corrected chi connectivity index (χ2v) is 4.74. The third kappa shape index (κ3) is 3.80. The van der Waals surface area contributed by atoms with Crippen molar-refractivity contribution in [1.29, 1.82) is 0 Å². The van der Waals surface area contributed by atoms with E-state index in [9.17, 15) is 4.79 Å². The minimum absolute atomic E-state index is 0.00550. The van der Waals surface area contributed by atoms with E-state index < -0.39 is 5.97 Å². The van der Waals surface area contributed by atoms with Gasteiger partial charge in [0, 0.05) is 24.8 Å². The number of nitrogens with zero attached hydrogens (tertiary/aromatic N) is 3. The lowest BCUT2D eigenvalue weighted by molar-refractivity contribution is -0.144. The number of rotatable bonds is 5. The summed E-state index contributed by atoms with van der Waals surface area (Å²) in [7, 11) is 1.58. The van der Waals surface area contributed by atoms with Crippen LogP contribution in [0.1, 0.15) is 18.5 Å². The zero-order valence-corrected chi connectivity index (χ0v) is 11.7. The molecule has 1 saturated heterocycles. The maximum Gasteiger partial charge on any atom is 0.329 e. The van der Waals surface area contributed by atoms with Crippen LogP contribution < -0.4 is 9.64 Å². The topological polar surface area (TPSA) is 84.8 Å². The monoisotopic (exact) mass is 281 g/mol. The summed E-state index contributed by atoms with van der Waals surface area (Å²) in [4.78, 5) is 21.3. The summed E-state index contributed by atoms with van der Waals surface area (Å²) in [5, 5.41) is 8.59. The van der Waals surface area contributed by atoms with Crippen molar-refractivity contribution in [1.82, 2.24) is 9.97 Å². The van der Waals surface area contributed by atoms with E-state index in [0.29, 0.717) is 11.8 Å². The molecule has 7 heteroatoms. The van der Waals surface area contributed by atoms with E-state index in [-0.39, 0.29) is 12.7 Å². The quantitative estimate of drug-likeness (QED) is 0.856. The van der Waals surface area contributed by atoms with Gasteiger partial charge in [-0.3, -0.25) is 0 Å². The number of hydrogen-bond acceptors (Lipinski definition) is 6. The lowest BCUT2D eigenvalue weighted by atomic mass is 10.1. The van der Waals surface area contributed by atoms with Crippen molar-refractivity contribution in [2.45, 2.75) is 25.9 Å². The number of hydrogen-bond donors (Lipinski definition) is 1. The molecule has 0 amide bonds. The molecule has 1 aromatic heterocycles. The van der Waals surface area contributed by atoms with Crippen LogP contribution in [0.3, 0.4) is 0 Å². The maximum atomic E-state index is 10.5. The van der Waals surface area contributed by atoms with Crippen molar-refractivity contribution in [3.8, 4) is 5.88 Å². The number of methoxy groups -OCH3 is 1. The molecule has 0 bridgehead atoms. The van der Waals surface area contributed by atoms with Gasteiger partial charge in [0.05, 0.1) is 13.2 Å². The number of piperidine rings is 1. The first-order valence-electron chi connectivity index (χ1n) is 6.56. The molecule has 0 radical (unpaired) electrons. The van der Waals surface area contributed by atoms with E-state index in [4.69, 9.17) is 14.6 Å². The summed E-state index contributed by atoms with van der Waals surface area (Å²) in [5.74, 6) is 0.273. The lowest BCUT2D eigenvalue weighted by Crippen LogP contribution is -2.38. The number of ether oxygens (including phenoxy) is 2. The van der Waals surface area contributed by atoms with Gasteiger partial charge in [-0.1, -0.05) is 0 Å². The molecule has 7 nitrogen and oxygen atoms in total. The van der Waals surface area contributed by atoms with Gasteiger partial charge in [-0.25, -0.2) is 9.78 Å². The Bertz CT molecular complexity index is 473. The van der Waals surface area contributed by atoms with E-state index in [1.54, 1.807) is 13.2 Å². The van der Waals surface area contributed by atoms with E-state index in [2.05, 4.69) is 14.9 Å². The molecule has 0 aliphatic carbocycles. The fourth-order valence-electron chi connectivity index (χ4n) is 2.18. The normalized spacial score (nSPS) is 16.2. The molecule has 0 aromatic carbocycles. The Balaban J connectivity index is 1.93. The highest BCUT2D eigenvalue weighted by Gasteiger charge is 2.22. The Labute approximate surface area is 117 Å². The molecule has 1 fully saturated rings. The smallest absolute Gasteiger partial charge is 0.329 e. The molecule has 1 aliphatic heterocycles. The fourth-order valence-corrected chi connectivity index (χ4v) is 2.18. The second kappa shape index (κ2) is 6.51. The summed E-state index contributed by atoms with van der Waals surface area (Å²) in [6.45, 7) is 3.16. The number of anilines is 1. The molecule has 110 valence electrons. The minimum atomic E-state index is -0.931. The van der Waals surface area contributed by atoms with E-state index in [1.807, 2.05) is 6.92 Å². The van der Waals surface area contributed by atoms with Gasteiger partial charge >= 0.3 is 5.97 Å². The molecule has 2 heterocycles. The molecule has 1 aromatic rings. The fraction of sp³-hybridized carbons (Fsp3) is 0.615. The van der Waals surface area contributed by atoms with Crippen LogP contribution in [-0.4, -0.2) is 54.0 Å². The predicted octanol–water partition coefficient (Wildman–Crippen LogP) is 0.864. The lowest BCUT2D eigenvalue weighted by Gasteiger charge is -2.31. The highest BCUT2D eigenvalue weighted by atomic mass is 16.5. The van der Waals surface area contributed by atoms with Crippen molar-refractivity contribution < 1.29 is 19.4 Å². The molecule has 0 saturated carbocycles. The Morgan fingerprint density at radius 2 is 2.15 bits per heavy atom. The summed E-state index contributed by atoms with van der Waals surface area (Å²) in [6, 6.07) is 1.78. The molecule has 0 atom stereocenters. The average molecular weight is 281 g/mol. The van der Waals surface area contributed by atoms with Gasteiger partial charge in [-0.2, -0.15) is 4.98 Å². The van der Waals surface area contributed by atoms with Crippen LogP contribution >= 0.6 is 0 Å². The highest BCUT2D eigenvalue weighted by Crippen LogP contribution is 2.20. The number of aromatic nitrogens is 2. The first kappa shape index (κ1) is 14.5. The summed E-state index contributed by atoms with van der Waals surface area (Å²) in [6.07, 6.45) is 1.54. The number of carboxylic acid groups (broad SMARTS) is 1. The number of carboxylic acids is 1. The second-order valence-electron chi connectivity index (χ2n) is 4.74. The molecular weight excluding hydrogens is 262 g/mol. The summed E-state index contributed by atoms with van der Waals surface area (Å²) < 4.78 is 10.5. The van der Waals surface area contributed by atoms with E-state index in [1.165, 1.54) is 0 Å². The van der Waals surface area contributed by atoms with Crippen molar-refractivity contribution >= 4 is 11.9 Å². The first-order valence-corrected chi connectivity index (χ1v) is 6.56. The molecule has 0 spiro atoms. The zero-order chi connectivity index (χ0) is 14.5. The van der Waals surface area contributed by atoms with Crippen molar-refractivity contribution in [3.63, 3.8) is 0 Å². The average Bonchev–Trinajstić information content (AvgIpc) is 2.45. The Hall–Kier alpha value is -1.89. The van der Waals surface area contributed by atoms with Gasteiger partial charge in [0.15, 0.2) is 0 Å². The van der Waals surface area contributed by atoms with Crippen LogP contribution in [0.4, 0.5) is 5.95 Å². The zero-order valence-electron chi connectivity index (χ0n) is 11.7. The van der Waals surface area contributed by atoms with Crippen molar-refractivity contribution in [2.75, 3.05) is 31.7 Å². The number of aliphatic carboxylic acids is 1. The van der Waals surface area contributed by atoms with Crippen LogP contribution in [-0.2, 0) is 9.53 Å². The standard InChI is InChI=1S/C13H19N3O4/c1-9-7-11(19-2)15-13(14-9)16-5-3-10(4-6-16)20-8-12(17)18/h7,10H,3-6,8H2,1-2H3,(H,17,18).